The third-order valence-electron chi connectivity index (χ3n) is 5.69. The number of unbranched alkanes of at least 4 members (excludes halogenated alkanes) is 15. The van der Waals surface area contributed by atoms with E-state index in [1.807, 2.05) is 0 Å². The van der Waals surface area contributed by atoms with Crippen LogP contribution in [-0.4, -0.2) is 24.5 Å². The first-order valence-corrected chi connectivity index (χ1v) is 12.7. The van der Waals surface area contributed by atoms with Gasteiger partial charge in [-0.2, -0.15) is 0 Å². The van der Waals surface area contributed by atoms with Gasteiger partial charge in [0.25, 0.3) is 5.91 Å². The molecular formula is C26H45NO4. The summed E-state index contributed by atoms with van der Waals surface area (Å²) in [5.41, 5.74) is 0. The maximum absolute atomic E-state index is 11.9. The molecule has 0 saturated heterocycles. The van der Waals surface area contributed by atoms with E-state index in [1.54, 1.807) is 19.1 Å². The van der Waals surface area contributed by atoms with Crippen molar-refractivity contribution >= 4 is 11.9 Å². The predicted octanol–water partition coefficient (Wildman–Crippen LogP) is 7.20. The van der Waals surface area contributed by atoms with Crippen LogP contribution in [0.2, 0.25) is 0 Å². The first-order chi connectivity index (χ1) is 15.1. The molecule has 178 valence electrons. The number of rotatable bonds is 20. The highest BCUT2D eigenvalue weighted by molar-refractivity contribution is 5.94. The van der Waals surface area contributed by atoms with E-state index in [-0.39, 0.29) is 5.76 Å². The van der Waals surface area contributed by atoms with Gasteiger partial charge in [-0.25, -0.2) is 4.79 Å². The molecule has 0 aromatic carbocycles. The van der Waals surface area contributed by atoms with Crippen LogP contribution < -0.4 is 5.32 Å². The number of furan rings is 1. The molecule has 0 aliphatic heterocycles. The highest BCUT2D eigenvalue weighted by Gasteiger charge is 2.19. The quantitative estimate of drug-likeness (QED) is 0.174. The van der Waals surface area contributed by atoms with Gasteiger partial charge in [0.05, 0.1) is 12.9 Å². The molecule has 0 radical (unpaired) electrons. The molecule has 0 unspecified atom stereocenters. The SMILES string of the molecule is CCCCCCCCCCCCCCCCCCOC(=O)[C@H](C)NC(=O)c1ccco1. The summed E-state index contributed by atoms with van der Waals surface area (Å²) in [6.07, 6.45) is 22.5. The van der Waals surface area contributed by atoms with Gasteiger partial charge in [-0.05, 0) is 25.5 Å². The summed E-state index contributed by atoms with van der Waals surface area (Å²) in [6, 6.07) is 2.51. The molecule has 1 aromatic heterocycles. The van der Waals surface area contributed by atoms with Crippen LogP contribution in [0.4, 0.5) is 0 Å². The van der Waals surface area contributed by atoms with E-state index in [0.717, 1.165) is 12.8 Å². The van der Waals surface area contributed by atoms with Crippen molar-refractivity contribution in [2.75, 3.05) is 6.61 Å². The highest BCUT2D eigenvalue weighted by atomic mass is 16.5. The Hall–Kier alpha value is -1.78. The Labute approximate surface area is 189 Å². The maximum atomic E-state index is 11.9. The van der Waals surface area contributed by atoms with Crippen LogP contribution in [0.3, 0.4) is 0 Å². The van der Waals surface area contributed by atoms with E-state index in [2.05, 4.69) is 12.2 Å². The molecule has 0 bridgehead atoms. The van der Waals surface area contributed by atoms with Crippen LogP contribution in [0.5, 0.6) is 0 Å². The number of carbonyl (C=O) groups is 2. The Bertz CT molecular complexity index is 556. The first kappa shape index (κ1) is 27.3. The van der Waals surface area contributed by atoms with E-state index in [1.165, 1.54) is 96.2 Å². The lowest BCUT2D eigenvalue weighted by Gasteiger charge is -2.12. The summed E-state index contributed by atoms with van der Waals surface area (Å²) in [5.74, 6) is -0.616. The summed E-state index contributed by atoms with van der Waals surface area (Å²) in [6.45, 7) is 4.31. The fourth-order valence-electron chi connectivity index (χ4n) is 3.68. The number of amides is 1. The Morgan fingerprint density at radius 1 is 0.839 bits per heavy atom. The number of carbonyl (C=O) groups excluding carboxylic acids is 2. The van der Waals surface area contributed by atoms with Gasteiger partial charge in [-0.3, -0.25) is 4.79 Å². The average molecular weight is 436 g/mol. The van der Waals surface area contributed by atoms with E-state index in [0.29, 0.717) is 6.61 Å². The van der Waals surface area contributed by atoms with Crippen molar-refractivity contribution in [2.24, 2.45) is 0 Å². The van der Waals surface area contributed by atoms with Crippen LogP contribution in [0.15, 0.2) is 22.8 Å². The minimum absolute atomic E-state index is 0.192. The van der Waals surface area contributed by atoms with E-state index >= 15 is 0 Å². The predicted molar refractivity (Wildman–Crippen MR) is 126 cm³/mol. The number of hydrogen-bond acceptors (Lipinski definition) is 4. The van der Waals surface area contributed by atoms with Gasteiger partial charge in [-0.15, -0.1) is 0 Å². The highest BCUT2D eigenvalue weighted by Crippen LogP contribution is 2.13. The van der Waals surface area contributed by atoms with Crippen LogP contribution in [0.1, 0.15) is 127 Å². The lowest BCUT2D eigenvalue weighted by atomic mass is 10.0. The van der Waals surface area contributed by atoms with Crippen molar-refractivity contribution in [1.29, 1.82) is 0 Å². The molecule has 0 aliphatic carbocycles. The van der Waals surface area contributed by atoms with Gasteiger partial charge in [-0.1, -0.05) is 103 Å². The van der Waals surface area contributed by atoms with Crippen LogP contribution in [-0.2, 0) is 9.53 Å². The molecule has 31 heavy (non-hydrogen) atoms. The second-order valence-electron chi connectivity index (χ2n) is 8.64. The van der Waals surface area contributed by atoms with Gasteiger partial charge in [0.1, 0.15) is 6.04 Å². The normalized spacial score (nSPS) is 11.9. The number of nitrogens with one attached hydrogen (secondary N) is 1. The Morgan fingerprint density at radius 2 is 1.32 bits per heavy atom. The molecule has 1 heterocycles. The topological polar surface area (TPSA) is 68.5 Å². The van der Waals surface area contributed by atoms with Crippen LogP contribution >= 0.6 is 0 Å². The maximum Gasteiger partial charge on any atom is 0.328 e. The van der Waals surface area contributed by atoms with Gasteiger partial charge in [0, 0.05) is 0 Å². The molecule has 5 nitrogen and oxygen atoms in total. The summed E-state index contributed by atoms with van der Waals surface area (Å²) < 4.78 is 10.3. The molecule has 5 heteroatoms. The Morgan fingerprint density at radius 3 is 1.77 bits per heavy atom. The summed E-state index contributed by atoms with van der Waals surface area (Å²) in [7, 11) is 0. The zero-order valence-electron chi connectivity index (χ0n) is 20.0. The Balaban J connectivity index is 1.83. The molecule has 1 aromatic rings. The van der Waals surface area contributed by atoms with Crippen molar-refractivity contribution in [2.45, 2.75) is 123 Å². The molecule has 1 atom stereocenters. The molecule has 0 fully saturated rings. The fraction of sp³-hybridized carbons (Fsp3) is 0.769. The third-order valence-corrected chi connectivity index (χ3v) is 5.69. The minimum atomic E-state index is -0.682. The molecule has 1 N–H and O–H groups in total. The first-order valence-electron chi connectivity index (χ1n) is 12.7. The lowest BCUT2D eigenvalue weighted by Crippen LogP contribution is -2.39. The smallest absolute Gasteiger partial charge is 0.328 e. The minimum Gasteiger partial charge on any atom is -0.464 e. The second kappa shape index (κ2) is 18.9. The second-order valence-corrected chi connectivity index (χ2v) is 8.64. The monoisotopic (exact) mass is 435 g/mol. The largest absolute Gasteiger partial charge is 0.464 e. The molecular weight excluding hydrogens is 390 g/mol. The Kier molecular flexibility index (Phi) is 16.7. The van der Waals surface area contributed by atoms with Crippen molar-refractivity contribution in [3.8, 4) is 0 Å². The van der Waals surface area contributed by atoms with Crippen molar-refractivity contribution in [3.05, 3.63) is 24.2 Å². The molecule has 1 amide bonds. The number of ether oxygens (including phenoxy) is 1. The number of esters is 1. The summed E-state index contributed by atoms with van der Waals surface area (Å²) in [4.78, 5) is 23.8. The van der Waals surface area contributed by atoms with Crippen molar-refractivity contribution in [1.82, 2.24) is 5.32 Å². The van der Waals surface area contributed by atoms with Gasteiger partial charge in [0.15, 0.2) is 5.76 Å². The fourth-order valence-corrected chi connectivity index (χ4v) is 3.68. The van der Waals surface area contributed by atoms with Crippen molar-refractivity contribution < 1.29 is 18.7 Å². The van der Waals surface area contributed by atoms with Gasteiger partial charge >= 0.3 is 5.97 Å². The standard InChI is InChI=1S/C26H45NO4/c1-3-4-5-6-7-8-9-10-11-12-13-14-15-16-17-18-21-31-26(29)23(2)27-25(28)24-20-19-22-30-24/h19-20,22-23H,3-18,21H2,1-2H3,(H,27,28)/t23-/m0/s1. The van der Waals surface area contributed by atoms with Gasteiger partial charge < -0.3 is 14.5 Å². The summed E-state index contributed by atoms with van der Waals surface area (Å²) in [5, 5.41) is 2.58. The van der Waals surface area contributed by atoms with E-state index < -0.39 is 17.9 Å². The molecule has 0 aliphatic rings. The number of hydrogen-bond donors (Lipinski definition) is 1. The van der Waals surface area contributed by atoms with Crippen LogP contribution in [0, 0.1) is 0 Å². The van der Waals surface area contributed by atoms with Crippen LogP contribution in [0.25, 0.3) is 0 Å². The van der Waals surface area contributed by atoms with Crippen molar-refractivity contribution in [3.63, 3.8) is 0 Å². The molecule has 0 spiro atoms. The molecule has 1 rings (SSSR count). The van der Waals surface area contributed by atoms with E-state index in [9.17, 15) is 9.59 Å². The van der Waals surface area contributed by atoms with Gasteiger partial charge in [0.2, 0.25) is 0 Å². The van der Waals surface area contributed by atoms with E-state index in [4.69, 9.17) is 9.15 Å². The lowest BCUT2D eigenvalue weighted by molar-refractivity contribution is -0.145. The summed E-state index contributed by atoms with van der Waals surface area (Å²) >= 11 is 0. The third kappa shape index (κ3) is 14.8. The average Bonchev–Trinajstić information content (AvgIpc) is 3.31. The zero-order valence-corrected chi connectivity index (χ0v) is 20.0. The molecule has 0 saturated carbocycles. The zero-order chi connectivity index (χ0) is 22.6.